The third kappa shape index (κ3) is 4.18. The predicted octanol–water partition coefficient (Wildman–Crippen LogP) is 2.11. The summed E-state index contributed by atoms with van der Waals surface area (Å²) in [6.07, 6.45) is 2.97. The van der Waals surface area contributed by atoms with Gasteiger partial charge in [-0.25, -0.2) is 4.39 Å². The second kappa shape index (κ2) is 6.56. The van der Waals surface area contributed by atoms with Crippen LogP contribution in [0.25, 0.3) is 0 Å². The van der Waals surface area contributed by atoms with E-state index in [2.05, 4.69) is 5.32 Å². The molecule has 2 rings (SSSR count). The molecule has 5 nitrogen and oxygen atoms in total. The summed E-state index contributed by atoms with van der Waals surface area (Å²) < 4.78 is 18.5. The molecule has 0 atom stereocenters. The van der Waals surface area contributed by atoms with E-state index in [-0.39, 0.29) is 18.8 Å². The summed E-state index contributed by atoms with van der Waals surface area (Å²) in [6.45, 7) is -0.331. The number of hydrogen-bond acceptors (Lipinski definition) is 3. The number of aliphatic carboxylic acids is 1. The Morgan fingerprint density at radius 1 is 1.29 bits per heavy atom. The molecular weight excluding hydrogens is 277 g/mol. The maximum atomic E-state index is 13.4. The number of hydrogen-bond donors (Lipinski definition) is 2. The van der Waals surface area contributed by atoms with Crippen LogP contribution in [-0.4, -0.2) is 29.1 Å². The van der Waals surface area contributed by atoms with Gasteiger partial charge in [0.1, 0.15) is 0 Å². The number of amides is 1. The van der Waals surface area contributed by atoms with Crippen LogP contribution in [0.3, 0.4) is 0 Å². The van der Waals surface area contributed by atoms with Gasteiger partial charge in [0.15, 0.2) is 18.2 Å². The maximum Gasteiger partial charge on any atom is 0.305 e. The van der Waals surface area contributed by atoms with Crippen molar-refractivity contribution in [3.8, 4) is 5.75 Å². The smallest absolute Gasteiger partial charge is 0.305 e. The van der Waals surface area contributed by atoms with Crippen LogP contribution in [0.15, 0.2) is 24.3 Å². The number of carboxylic acid groups (broad SMARTS) is 1. The highest BCUT2D eigenvalue weighted by molar-refractivity contribution is 5.79. The molecule has 1 aromatic carbocycles. The van der Waals surface area contributed by atoms with E-state index in [4.69, 9.17) is 9.84 Å². The molecule has 0 radical (unpaired) electrons. The van der Waals surface area contributed by atoms with Crippen molar-refractivity contribution in [3.63, 3.8) is 0 Å². The Morgan fingerprint density at radius 2 is 1.95 bits per heavy atom. The molecule has 0 aliphatic heterocycles. The maximum absolute atomic E-state index is 13.4. The lowest BCUT2D eigenvalue weighted by atomic mass is 9.93. The summed E-state index contributed by atoms with van der Waals surface area (Å²) in [6, 6.07) is 5.82. The molecule has 2 N–H and O–H groups in total. The SMILES string of the molecule is O=C(O)CC1(NC(=O)COc2ccccc2F)CCCC1. The largest absolute Gasteiger partial charge is 0.481 e. The molecule has 1 aromatic rings. The second-order valence-electron chi connectivity index (χ2n) is 5.33. The van der Waals surface area contributed by atoms with Crippen LogP contribution < -0.4 is 10.1 Å². The van der Waals surface area contributed by atoms with Crippen molar-refractivity contribution in [2.75, 3.05) is 6.61 Å². The van der Waals surface area contributed by atoms with E-state index < -0.39 is 23.2 Å². The summed E-state index contributed by atoms with van der Waals surface area (Å²) >= 11 is 0. The van der Waals surface area contributed by atoms with Crippen molar-refractivity contribution in [1.29, 1.82) is 0 Å². The number of ether oxygens (including phenoxy) is 1. The quantitative estimate of drug-likeness (QED) is 0.843. The number of benzene rings is 1. The van der Waals surface area contributed by atoms with Gasteiger partial charge in [0.05, 0.1) is 12.0 Å². The van der Waals surface area contributed by atoms with Gasteiger partial charge < -0.3 is 15.2 Å². The first-order valence-corrected chi connectivity index (χ1v) is 6.91. The zero-order chi connectivity index (χ0) is 15.3. The Kier molecular flexibility index (Phi) is 4.77. The number of rotatable bonds is 6. The Morgan fingerprint density at radius 3 is 2.57 bits per heavy atom. The van der Waals surface area contributed by atoms with Crippen molar-refractivity contribution < 1.29 is 23.8 Å². The number of carbonyl (C=O) groups is 2. The van der Waals surface area contributed by atoms with Gasteiger partial charge in [0.2, 0.25) is 0 Å². The van der Waals surface area contributed by atoms with Gasteiger partial charge in [-0.2, -0.15) is 0 Å². The Bertz CT molecular complexity index is 526. The fourth-order valence-corrected chi connectivity index (χ4v) is 2.72. The number of halogens is 1. The summed E-state index contributed by atoms with van der Waals surface area (Å²) in [5.41, 5.74) is -0.693. The van der Waals surface area contributed by atoms with Crippen LogP contribution in [0.5, 0.6) is 5.75 Å². The predicted molar refractivity (Wildman–Crippen MR) is 73.5 cm³/mol. The number of para-hydroxylation sites is 1. The molecule has 0 bridgehead atoms. The molecule has 1 aliphatic rings. The summed E-state index contributed by atoms with van der Waals surface area (Å²) in [5.74, 6) is -1.90. The fraction of sp³-hybridized carbons (Fsp3) is 0.467. The Balaban J connectivity index is 1.91. The first-order chi connectivity index (χ1) is 10.0. The standard InChI is InChI=1S/C15H18FNO4/c16-11-5-1-2-6-12(11)21-10-13(18)17-15(9-14(19)20)7-3-4-8-15/h1-2,5-6H,3-4,7-10H2,(H,17,18)(H,19,20). The normalized spacial score (nSPS) is 16.4. The van der Waals surface area contributed by atoms with Crippen LogP contribution in [0.4, 0.5) is 4.39 Å². The highest BCUT2D eigenvalue weighted by atomic mass is 19.1. The van der Waals surface area contributed by atoms with E-state index in [0.29, 0.717) is 12.8 Å². The third-order valence-electron chi connectivity index (χ3n) is 3.65. The summed E-state index contributed by atoms with van der Waals surface area (Å²) in [4.78, 5) is 22.9. The molecule has 0 spiro atoms. The number of carbonyl (C=O) groups excluding carboxylic acids is 1. The zero-order valence-electron chi connectivity index (χ0n) is 11.6. The van der Waals surface area contributed by atoms with Gasteiger partial charge in [-0.05, 0) is 25.0 Å². The van der Waals surface area contributed by atoms with E-state index in [1.54, 1.807) is 6.07 Å². The van der Waals surface area contributed by atoms with Crippen molar-refractivity contribution in [3.05, 3.63) is 30.1 Å². The van der Waals surface area contributed by atoms with Crippen LogP contribution in [0.1, 0.15) is 32.1 Å². The van der Waals surface area contributed by atoms with Crippen molar-refractivity contribution in [1.82, 2.24) is 5.32 Å². The molecule has 1 amide bonds. The van der Waals surface area contributed by atoms with E-state index in [1.165, 1.54) is 18.2 Å². The van der Waals surface area contributed by atoms with Crippen molar-refractivity contribution in [2.24, 2.45) is 0 Å². The minimum atomic E-state index is -0.938. The average Bonchev–Trinajstić information content (AvgIpc) is 2.85. The lowest BCUT2D eigenvalue weighted by Crippen LogP contribution is -2.49. The van der Waals surface area contributed by atoms with Gasteiger partial charge in [-0.3, -0.25) is 9.59 Å². The topological polar surface area (TPSA) is 75.6 Å². The van der Waals surface area contributed by atoms with E-state index in [9.17, 15) is 14.0 Å². The minimum absolute atomic E-state index is 0.00589. The molecule has 0 heterocycles. The second-order valence-corrected chi connectivity index (χ2v) is 5.33. The molecule has 21 heavy (non-hydrogen) atoms. The molecule has 1 fully saturated rings. The summed E-state index contributed by atoms with van der Waals surface area (Å²) in [7, 11) is 0. The molecular formula is C15H18FNO4. The number of nitrogens with one attached hydrogen (secondary N) is 1. The number of carboxylic acids is 1. The molecule has 1 aliphatic carbocycles. The van der Waals surface area contributed by atoms with Crippen LogP contribution in [-0.2, 0) is 9.59 Å². The van der Waals surface area contributed by atoms with Crippen LogP contribution >= 0.6 is 0 Å². The molecule has 0 saturated heterocycles. The van der Waals surface area contributed by atoms with Crippen molar-refractivity contribution in [2.45, 2.75) is 37.6 Å². The highest BCUT2D eigenvalue weighted by Gasteiger charge is 2.37. The van der Waals surface area contributed by atoms with E-state index in [0.717, 1.165) is 12.8 Å². The van der Waals surface area contributed by atoms with Gasteiger partial charge >= 0.3 is 5.97 Å². The van der Waals surface area contributed by atoms with E-state index >= 15 is 0 Å². The molecule has 0 aromatic heterocycles. The first kappa shape index (κ1) is 15.3. The fourth-order valence-electron chi connectivity index (χ4n) is 2.72. The van der Waals surface area contributed by atoms with Crippen LogP contribution in [0, 0.1) is 5.82 Å². The first-order valence-electron chi connectivity index (χ1n) is 6.91. The van der Waals surface area contributed by atoms with E-state index in [1.807, 2.05) is 0 Å². The lowest BCUT2D eigenvalue weighted by molar-refractivity contribution is -0.139. The molecule has 114 valence electrons. The molecule has 6 heteroatoms. The lowest BCUT2D eigenvalue weighted by Gasteiger charge is -2.28. The van der Waals surface area contributed by atoms with Gasteiger partial charge in [0.25, 0.3) is 5.91 Å². The summed E-state index contributed by atoms with van der Waals surface area (Å²) in [5, 5.41) is 11.7. The molecule has 1 saturated carbocycles. The Hall–Kier alpha value is -2.11. The minimum Gasteiger partial charge on any atom is -0.481 e. The van der Waals surface area contributed by atoms with Gasteiger partial charge in [-0.15, -0.1) is 0 Å². The van der Waals surface area contributed by atoms with Crippen LogP contribution in [0.2, 0.25) is 0 Å². The van der Waals surface area contributed by atoms with Crippen molar-refractivity contribution >= 4 is 11.9 Å². The third-order valence-corrected chi connectivity index (χ3v) is 3.65. The van der Waals surface area contributed by atoms with Gasteiger partial charge in [0, 0.05) is 0 Å². The zero-order valence-corrected chi connectivity index (χ0v) is 11.6. The highest BCUT2D eigenvalue weighted by Crippen LogP contribution is 2.32. The monoisotopic (exact) mass is 295 g/mol. The average molecular weight is 295 g/mol. The van der Waals surface area contributed by atoms with Gasteiger partial charge in [-0.1, -0.05) is 25.0 Å². The molecule has 0 unspecified atom stereocenters. The Labute approximate surface area is 122 Å².